The summed E-state index contributed by atoms with van der Waals surface area (Å²) in [5, 5.41) is 5.74. The summed E-state index contributed by atoms with van der Waals surface area (Å²) in [5.41, 5.74) is 1.29. The largest absolute Gasteiger partial charge is 0.352 e. The van der Waals surface area contributed by atoms with E-state index in [0.29, 0.717) is 11.4 Å². The van der Waals surface area contributed by atoms with Gasteiger partial charge in [0, 0.05) is 31.3 Å². The lowest BCUT2D eigenvalue weighted by atomic mass is 10.1. The molecule has 1 fully saturated rings. The number of amides is 3. The Bertz CT molecular complexity index is 605. The van der Waals surface area contributed by atoms with Crippen LogP contribution in [-0.4, -0.2) is 30.3 Å². The normalized spacial score (nSPS) is 15.1. The molecule has 0 radical (unpaired) electrons. The van der Waals surface area contributed by atoms with Gasteiger partial charge in [-0.05, 0) is 37.1 Å². The SMILES string of the molecule is CC(=O)Nc1ccc(N(CC(=O)NC2CCCCCC2)C(C)=O)cc1. The molecule has 6 nitrogen and oxygen atoms in total. The van der Waals surface area contributed by atoms with Gasteiger partial charge in [0.25, 0.3) is 0 Å². The third kappa shape index (κ3) is 6.21. The Balaban J connectivity index is 1.98. The standard InChI is InChI=1S/C19H27N3O3/c1-14(23)20-17-9-11-18(12-10-17)22(15(2)24)13-19(25)21-16-7-5-3-4-6-8-16/h9-12,16H,3-8,13H2,1-2H3,(H,20,23)(H,21,25). The van der Waals surface area contributed by atoms with Crippen molar-refractivity contribution in [3.05, 3.63) is 24.3 Å². The molecule has 25 heavy (non-hydrogen) atoms. The van der Waals surface area contributed by atoms with Gasteiger partial charge >= 0.3 is 0 Å². The molecule has 1 aromatic carbocycles. The number of rotatable bonds is 5. The highest BCUT2D eigenvalue weighted by Crippen LogP contribution is 2.19. The molecule has 0 aromatic heterocycles. The van der Waals surface area contributed by atoms with Crippen LogP contribution in [0.4, 0.5) is 11.4 Å². The number of nitrogens with zero attached hydrogens (tertiary/aromatic N) is 1. The maximum absolute atomic E-state index is 12.4. The number of benzene rings is 1. The molecule has 0 aliphatic heterocycles. The van der Waals surface area contributed by atoms with E-state index in [9.17, 15) is 14.4 Å². The molecule has 0 spiro atoms. The molecule has 0 atom stereocenters. The first-order valence-electron chi connectivity index (χ1n) is 8.91. The van der Waals surface area contributed by atoms with Crippen LogP contribution in [0.2, 0.25) is 0 Å². The third-order valence-electron chi connectivity index (χ3n) is 4.40. The van der Waals surface area contributed by atoms with Gasteiger partial charge in [-0.1, -0.05) is 25.7 Å². The van der Waals surface area contributed by atoms with E-state index < -0.39 is 0 Å². The molecule has 136 valence electrons. The Labute approximate surface area is 149 Å². The molecule has 1 aliphatic rings. The fourth-order valence-electron chi connectivity index (χ4n) is 3.15. The monoisotopic (exact) mass is 345 g/mol. The van der Waals surface area contributed by atoms with Gasteiger partial charge in [0.05, 0.1) is 0 Å². The van der Waals surface area contributed by atoms with E-state index in [1.54, 1.807) is 24.3 Å². The Morgan fingerprint density at radius 1 is 1.00 bits per heavy atom. The maximum atomic E-state index is 12.4. The second kappa shape index (κ2) is 9.20. The van der Waals surface area contributed by atoms with E-state index in [1.165, 1.54) is 31.6 Å². The van der Waals surface area contributed by atoms with Gasteiger partial charge < -0.3 is 15.5 Å². The topological polar surface area (TPSA) is 78.5 Å². The predicted molar refractivity (Wildman–Crippen MR) is 98.4 cm³/mol. The summed E-state index contributed by atoms with van der Waals surface area (Å²) in [7, 11) is 0. The average molecular weight is 345 g/mol. The average Bonchev–Trinajstić information content (AvgIpc) is 2.81. The van der Waals surface area contributed by atoms with Crippen molar-refractivity contribution in [1.82, 2.24) is 5.32 Å². The second-order valence-corrected chi connectivity index (χ2v) is 6.59. The van der Waals surface area contributed by atoms with Crippen molar-refractivity contribution in [3.63, 3.8) is 0 Å². The van der Waals surface area contributed by atoms with Crippen molar-refractivity contribution in [1.29, 1.82) is 0 Å². The van der Waals surface area contributed by atoms with Crippen LogP contribution in [0.5, 0.6) is 0 Å². The van der Waals surface area contributed by atoms with Gasteiger partial charge in [0.2, 0.25) is 17.7 Å². The summed E-state index contributed by atoms with van der Waals surface area (Å²) in [4.78, 5) is 36.8. The highest BCUT2D eigenvalue weighted by atomic mass is 16.2. The van der Waals surface area contributed by atoms with Crippen molar-refractivity contribution in [2.24, 2.45) is 0 Å². The lowest BCUT2D eigenvalue weighted by molar-refractivity contribution is -0.123. The number of hydrogen-bond donors (Lipinski definition) is 2. The molecule has 1 aromatic rings. The fraction of sp³-hybridized carbons (Fsp3) is 0.526. The number of carbonyl (C=O) groups is 3. The molecule has 0 unspecified atom stereocenters. The summed E-state index contributed by atoms with van der Waals surface area (Å²) in [6.45, 7) is 2.89. The van der Waals surface area contributed by atoms with Crippen LogP contribution in [0.15, 0.2) is 24.3 Å². The minimum absolute atomic E-state index is 0.00527. The van der Waals surface area contributed by atoms with Crippen molar-refractivity contribution in [2.45, 2.75) is 58.4 Å². The number of anilines is 2. The predicted octanol–water partition coefficient (Wildman–Crippen LogP) is 2.84. The van der Waals surface area contributed by atoms with E-state index in [4.69, 9.17) is 0 Å². The Morgan fingerprint density at radius 2 is 1.60 bits per heavy atom. The molecular weight excluding hydrogens is 318 g/mol. The van der Waals surface area contributed by atoms with Crippen LogP contribution in [0.25, 0.3) is 0 Å². The number of hydrogen-bond acceptors (Lipinski definition) is 3. The van der Waals surface area contributed by atoms with Crippen LogP contribution in [0.1, 0.15) is 52.4 Å². The summed E-state index contributed by atoms with van der Waals surface area (Å²) in [5.74, 6) is -0.477. The maximum Gasteiger partial charge on any atom is 0.240 e. The van der Waals surface area contributed by atoms with Gasteiger partial charge in [-0.2, -0.15) is 0 Å². The van der Waals surface area contributed by atoms with Gasteiger partial charge in [-0.25, -0.2) is 0 Å². The van der Waals surface area contributed by atoms with Crippen LogP contribution in [0, 0.1) is 0 Å². The lowest BCUT2D eigenvalue weighted by Gasteiger charge is -2.23. The van der Waals surface area contributed by atoms with E-state index in [1.807, 2.05) is 0 Å². The molecule has 0 heterocycles. The Kier molecular flexibility index (Phi) is 6.98. The zero-order valence-corrected chi connectivity index (χ0v) is 15.0. The molecule has 2 rings (SSSR count). The number of nitrogens with one attached hydrogen (secondary N) is 2. The van der Waals surface area contributed by atoms with Crippen LogP contribution in [0.3, 0.4) is 0 Å². The molecule has 0 bridgehead atoms. The molecule has 1 saturated carbocycles. The van der Waals surface area contributed by atoms with E-state index in [2.05, 4.69) is 10.6 Å². The minimum atomic E-state index is -0.191. The molecule has 1 aliphatic carbocycles. The van der Waals surface area contributed by atoms with E-state index in [-0.39, 0.29) is 30.3 Å². The zero-order valence-electron chi connectivity index (χ0n) is 15.0. The lowest BCUT2D eigenvalue weighted by Crippen LogP contribution is -2.43. The highest BCUT2D eigenvalue weighted by Gasteiger charge is 2.19. The van der Waals surface area contributed by atoms with Gasteiger partial charge in [-0.3, -0.25) is 14.4 Å². The van der Waals surface area contributed by atoms with Crippen molar-refractivity contribution in [3.8, 4) is 0 Å². The first-order valence-corrected chi connectivity index (χ1v) is 8.91. The molecule has 2 N–H and O–H groups in total. The molecule has 3 amide bonds. The van der Waals surface area contributed by atoms with Gasteiger partial charge in [0.1, 0.15) is 6.54 Å². The van der Waals surface area contributed by atoms with Crippen LogP contribution in [-0.2, 0) is 14.4 Å². The Morgan fingerprint density at radius 3 is 2.12 bits per heavy atom. The quantitative estimate of drug-likeness (QED) is 0.806. The molecule has 0 saturated heterocycles. The minimum Gasteiger partial charge on any atom is -0.352 e. The Hall–Kier alpha value is -2.37. The molecule has 6 heteroatoms. The summed E-state index contributed by atoms with van der Waals surface area (Å²) in [6.07, 6.45) is 6.77. The van der Waals surface area contributed by atoms with Crippen molar-refractivity contribution < 1.29 is 14.4 Å². The van der Waals surface area contributed by atoms with Gasteiger partial charge in [-0.15, -0.1) is 0 Å². The first-order chi connectivity index (χ1) is 12.0. The van der Waals surface area contributed by atoms with Crippen molar-refractivity contribution in [2.75, 3.05) is 16.8 Å². The van der Waals surface area contributed by atoms with E-state index in [0.717, 1.165) is 25.7 Å². The summed E-state index contributed by atoms with van der Waals surface area (Å²) in [6, 6.07) is 7.11. The summed E-state index contributed by atoms with van der Waals surface area (Å²) >= 11 is 0. The van der Waals surface area contributed by atoms with Gasteiger partial charge in [0.15, 0.2) is 0 Å². The van der Waals surface area contributed by atoms with Crippen LogP contribution >= 0.6 is 0 Å². The number of carbonyl (C=O) groups excluding carboxylic acids is 3. The van der Waals surface area contributed by atoms with Crippen LogP contribution < -0.4 is 15.5 Å². The van der Waals surface area contributed by atoms with Crippen molar-refractivity contribution >= 4 is 29.1 Å². The summed E-state index contributed by atoms with van der Waals surface area (Å²) < 4.78 is 0. The highest BCUT2D eigenvalue weighted by molar-refractivity contribution is 5.98. The second-order valence-electron chi connectivity index (χ2n) is 6.59. The smallest absolute Gasteiger partial charge is 0.240 e. The molecular formula is C19H27N3O3. The zero-order chi connectivity index (χ0) is 18.2. The fourth-order valence-corrected chi connectivity index (χ4v) is 3.15. The van der Waals surface area contributed by atoms with E-state index >= 15 is 0 Å². The first kappa shape index (κ1) is 19.0. The third-order valence-corrected chi connectivity index (χ3v) is 4.40.